The largest absolute Gasteiger partial charge is 0.493 e. The van der Waals surface area contributed by atoms with Crippen LogP contribution >= 0.6 is 27.3 Å². The highest BCUT2D eigenvalue weighted by Crippen LogP contribution is 2.37. The number of benzene rings is 1. The number of methoxy groups -OCH3 is 2. The second kappa shape index (κ2) is 10.3. The molecule has 0 unspecified atom stereocenters. The summed E-state index contributed by atoms with van der Waals surface area (Å²) in [7, 11) is 3.01. The van der Waals surface area contributed by atoms with Crippen molar-refractivity contribution in [1.82, 2.24) is 0 Å². The molecular formula is C21H21BrN2O5S. The topological polar surface area (TPSA) is 97.7 Å². The maximum Gasteiger partial charge on any atom is 0.341 e. The summed E-state index contributed by atoms with van der Waals surface area (Å²) < 4.78 is 16.3. The van der Waals surface area contributed by atoms with E-state index >= 15 is 0 Å². The van der Waals surface area contributed by atoms with Gasteiger partial charge in [-0.15, -0.1) is 11.3 Å². The Balaban J connectivity index is 2.39. The summed E-state index contributed by atoms with van der Waals surface area (Å²) in [6.45, 7) is 5.57. The summed E-state index contributed by atoms with van der Waals surface area (Å²) in [5.41, 5.74) is 1.47. The summed E-state index contributed by atoms with van der Waals surface area (Å²) in [5, 5.41) is 12.5. The van der Waals surface area contributed by atoms with Gasteiger partial charge < -0.3 is 19.5 Å². The van der Waals surface area contributed by atoms with E-state index in [0.717, 1.165) is 10.4 Å². The van der Waals surface area contributed by atoms with Gasteiger partial charge in [0.05, 0.1) is 30.9 Å². The van der Waals surface area contributed by atoms with Crippen LogP contribution in [0, 0.1) is 25.2 Å². The molecule has 1 aromatic carbocycles. The molecule has 2 aromatic rings. The number of aryl methyl sites for hydroxylation is 1. The maximum atomic E-state index is 12.7. The number of hydrogen-bond acceptors (Lipinski definition) is 7. The summed E-state index contributed by atoms with van der Waals surface area (Å²) >= 11 is 4.64. The fraction of sp³-hybridized carbons (Fsp3) is 0.286. The van der Waals surface area contributed by atoms with Gasteiger partial charge in [-0.1, -0.05) is 0 Å². The van der Waals surface area contributed by atoms with Gasteiger partial charge in [0, 0.05) is 4.88 Å². The number of ether oxygens (including phenoxy) is 3. The number of esters is 1. The van der Waals surface area contributed by atoms with E-state index in [1.165, 1.54) is 31.6 Å². The van der Waals surface area contributed by atoms with Crippen molar-refractivity contribution >= 4 is 50.2 Å². The quantitative estimate of drug-likeness (QED) is 0.336. The standard InChI is InChI=1S/C21H21BrN2O5S/c1-6-29-21(26)17-11(2)12(3)30-20(17)24-19(25)14(10-23)7-13-8-15(22)18(28-5)16(9-13)27-4/h7-9H,6H2,1-5H3,(H,24,25). The van der Waals surface area contributed by atoms with Crippen LogP contribution in [0.4, 0.5) is 5.00 Å². The number of anilines is 1. The van der Waals surface area contributed by atoms with Crippen molar-refractivity contribution in [2.24, 2.45) is 0 Å². The van der Waals surface area contributed by atoms with Crippen LogP contribution < -0.4 is 14.8 Å². The molecule has 1 heterocycles. The van der Waals surface area contributed by atoms with Gasteiger partial charge in [-0.25, -0.2) is 4.79 Å². The van der Waals surface area contributed by atoms with Crippen LogP contribution in [0.25, 0.3) is 6.08 Å². The molecule has 158 valence electrons. The van der Waals surface area contributed by atoms with E-state index < -0.39 is 11.9 Å². The summed E-state index contributed by atoms with van der Waals surface area (Å²) in [4.78, 5) is 25.9. The second-order valence-electron chi connectivity index (χ2n) is 6.07. The van der Waals surface area contributed by atoms with Crippen LogP contribution in [-0.2, 0) is 9.53 Å². The van der Waals surface area contributed by atoms with Crippen LogP contribution in [0.1, 0.15) is 33.3 Å². The summed E-state index contributed by atoms with van der Waals surface area (Å²) in [6.07, 6.45) is 1.43. The van der Waals surface area contributed by atoms with E-state index in [-0.39, 0.29) is 12.2 Å². The van der Waals surface area contributed by atoms with E-state index in [2.05, 4.69) is 21.2 Å². The number of rotatable bonds is 7. The van der Waals surface area contributed by atoms with Gasteiger partial charge in [-0.2, -0.15) is 5.26 Å². The van der Waals surface area contributed by atoms with Crippen LogP contribution in [0.2, 0.25) is 0 Å². The molecule has 0 saturated heterocycles. The Kier molecular flexibility index (Phi) is 8.03. The smallest absolute Gasteiger partial charge is 0.341 e. The molecule has 0 aliphatic heterocycles. The Bertz CT molecular complexity index is 1050. The third kappa shape index (κ3) is 5.01. The van der Waals surface area contributed by atoms with E-state index in [9.17, 15) is 14.9 Å². The molecule has 9 heteroatoms. The molecule has 0 saturated carbocycles. The van der Waals surface area contributed by atoms with Gasteiger partial charge in [0.1, 0.15) is 16.6 Å². The molecule has 30 heavy (non-hydrogen) atoms. The van der Waals surface area contributed by atoms with Crippen LogP contribution in [-0.4, -0.2) is 32.7 Å². The number of carbonyl (C=O) groups is 2. The first-order valence-corrected chi connectivity index (χ1v) is 10.5. The fourth-order valence-corrected chi connectivity index (χ4v) is 4.34. The van der Waals surface area contributed by atoms with E-state index in [0.29, 0.717) is 32.1 Å². The van der Waals surface area contributed by atoms with Crippen LogP contribution in [0.5, 0.6) is 11.5 Å². The molecule has 1 N–H and O–H groups in total. The number of thiophene rings is 1. The van der Waals surface area contributed by atoms with Crippen molar-refractivity contribution in [3.63, 3.8) is 0 Å². The number of nitriles is 1. The monoisotopic (exact) mass is 492 g/mol. The van der Waals surface area contributed by atoms with Crippen molar-refractivity contribution in [1.29, 1.82) is 5.26 Å². The van der Waals surface area contributed by atoms with Crippen molar-refractivity contribution in [3.05, 3.63) is 43.7 Å². The third-order valence-electron chi connectivity index (χ3n) is 4.22. The lowest BCUT2D eigenvalue weighted by molar-refractivity contribution is -0.112. The zero-order chi connectivity index (χ0) is 22.4. The van der Waals surface area contributed by atoms with Gasteiger partial charge in [0.2, 0.25) is 0 Å². The molecular weight excluding hydrogens is 472 g/mol. The highest BCUT2D eigenvalue weighted by molar-refractivity contribution is 9.10. The lowest BCUT2D eigenvalue weighted by Gasteiger charge is -2.11. The zero-order valence-electron chi connectivity index (χ0n) is 17.2. The predicted molar refractivity (Wildman–Crippen MR) is 119 cm³/mol. The maximum absolute atomic E-state index is 12.7. The van der Waals surface area contributed by atoms with Gasteiger partial charge in [-0.05, 0) is 66.0 Å². The van der Waals surface area contributed by atoms with Crippen molar-refractivity contribution in [2.45, 2.75) is 20.8 Å². The van der Waals surface area contributed by atoms with Crippen molar-refractivity contribution < 1.29 is 23.8 Å². The number of hydrogen-bond donors (Lipinski definition) is 1. The number of halogens is 1. The molecule has 0 fully saturated rings. The Morgan fingerprint density at radius 3 is 2.53 bits per heavy atom. The first-order chi connectivity index (χ1) is 14.3. The van der Waals surface area contributed by atoms with Gasteiger partial charge >= 0.3 is 5.97 Å². The van der Waals surface area contributed by atoms with Crippen molar-refractivity contribution in [3.8, 4) is 17.6 Å². The second-order valence-corrected chi connectivity index (χ2v) is 8.15. The molecule has 0 atom stereocenters. The van der Waals surface area contributed by atoms with Gasteiger partial charge in [0.25, 0.3) is 5.91 Å². The summed E-state index contributed by atoms with van der Waals surface area (Å²) in [5.74, 6) is -0.192. The summed E-state index contributed by atoms with van der Waals surface area (Å²) in [6, 6.07) is 5.26. The minimum atomic E-state index is -0.629. The first-order valence-electron chi connectivity index (χ1n) is 8.89. The number of nitrogens with one attached hydrogen (secondary N) is 1. The van der Waals surface area contributed by atoms with E-state index in [1.54, 1.807) is 26.0 Å². The molecule has 0 bridgehead atoms. The van der Waals surface area contributed by atoms with Crippen LogP contribution in [0.3, 0.4) is 0 Å². The molecule has 2 rings (SSSR count). The van der Waals surface area contributed by atoms with Gasteiger partial charge in [0.15, 0.2) is 11.5 Å². The molecule has 0 aliphatic rings. The molecule has 0 spiro atoms. The average Bonchev–Trinajstić information content (AvgIpc) is 2.98. The Morgan fingerprint density at radius 2 is 1.97 bits per heavy atom. The zero-order valence-corrected chi connectivity index (χ0v) is 19.6. The molecule has 7 nitrogen and oxygen atoms in total. The van der Waals surface area contributed by atoms with E-state index in [1.807, 2.05) is 13.0 Å². The minimum absolute atomic E-state index is 0.132. The minimum Gasteiger partial charge on any atom is -0.493 e. The lowest BCUT2D eigenvalue weighted by atomic mass is 10.1. The lowest BCUT2D eigenvalue weighted by Crippen LogP contribution is -2.16. The van der Waals surface area contributed by atoms with Gasteiger partial charge in [-0.3, -0.25) is 4.79 Å². The third-order valence-corrected chi connectivity index (χ3v) is 5.94. The number of nitrogens with zero attached hydrogens (tertiary/aromatic N) is 1. The number of amides is 1. The Morgan fingerprint density at radius 1 is 1.27 bits per heavy atom. The molecule has 1 aromatic heterocycles. The SMILES string of the molecule is CCOC(=O)c1c(NC(=O)C(C#N)=Cc2cc(Br)c(OC)c(OC)c2)sc(C)c1C. The van der Waals surface area contributed by atoms with Crippen LogP contribution in [0.15, 0.2) is 22.2 Å². The Hall–Kier alpha value is -2.83. The molecule has 1 amide bonds. The van der Waals surface area contributed by atoms with Crippen molar-refractivity contribution in [2.75, 3.05) is 26.1 Å². The van der Waals surface area contributed by atoms with E-state index in [4.69, 9.17) is 14.2 Å². The normalized spacial score (nSPS) is 10.9. The highest BCUT2D eigenvalue weighted by Gasteiger charge is 2.23. The molecule has 0 aliphatic carbocycles. The number of carbonyl (C=O) groups excluding carboxylic acids is 2. The molecule has 0 radical (unpaired) electrons. The fourth-order valence-electron chi connectivity index (χ4n) is 2.67. The Labute approximate surface area is 187 Å². The average molecular weight is 493 g/mol. The highest BCUT2D eigenvalue weighted by atomic mass is 79.9. The predicted octanol–water partition coefficient (Wildman–Crippen LogP) is 4.87. The first kappa shape index (κ1) is 23.4.